The average Bonchev–Trinajstić information content (AvgIpc) is 2.74. The van der Waals surface area contributed by atoms with Crippen LogP contribution in [0.5, 0.6) is 0 Å². The number of nitrogens with one attached hydrogen (secondary N) is 2. The molecule has 3 nitrogen and oxygen atoms in total. The Balaban J connectivity index is -0.0000000669. The number of rotatable bonds is 4. The Kier molecular flexibility index (Phi) is 63.6. The van der Waals surface area contributed by atoms with Crippen LogP contribution in [0.3, 0.4) is 0 Å². The van der Waals surface area contributed by atoms with Crippen LogP contribution >= 0.6 is 0 Å². The second-order valence-electron chi connectivity index (χ2n) is 5.79. The molecule has 0 aliphatic carbocycles. The summed E-state index contributed by atoms with van der Waals surface area (Å²) in [5, 5.41) is 5.67. The van der Waals surface area contributed by atoms with Crippen LogP contribution in [0.2, 0.25) is 0 Å². The van der Waals surface area contributed by atoms with Gasteiger partial charge < -0.3 is 15.4 Å². The summed E-state index contributed by atoms with van der Waals surface area (Å²) in [6.45, 7) is 17.6. The quantitative estimate of drug-likeness (QED) is 0.301. The van der Waals surface area contributed by atoms with Gasteiger partial charge in [0.25, 0.3) is 0 Å². The third-order valence-electron chi connectivity index (χ3n) is 2.34. The number of aldehydes is 1. The van der Waals surface area contributed by atoms with Gasteiger partial charge in [0.1, 0.15) is 6.29 Å². The van der Waals surface area contributed by atoms with E-state index in [1.807, 2.05) is 64.1 Å². The number of carbonyl (C=O) groups is 1. The van der Waals surface area contributed by atoms with Crippen LogP contribution in [0.4, 0.5) is 0 Å². The molecule has 2 aromatic rings. The Morgan fingerprint density at radius 3 is 1.06 bits per heavy atom. The zero-order valence-electron chi connectivity index (χ0n) is 21.3. The molecular weight excluding hydrogens is 534 g/mol. The van der Waals surface area contributed by atoms with Gasteiger partial charge in [-0.3, -0.25) is 14.1 Å². The van der Waals surface area contributed by atoms with Crippen molar-refractivity contribution in [2.75, 3.05) is 0 Å². The molecular formula is C26H46N2OY2-2. The van der Waals surface area contributed by atoms with Gasteiger partial charge in [0, 0.05) is 65.4 Å². The molecule has 174 valence electrons. The smallest absolute Gasteiger partial charge is 0.116 e. The molecule has 2 rings (SSSR count). The number of benzene rings is 2. The fourth-order valence-electron chi connectivity index (χ4n) is 1.48. The first kappa shape index (κ1) is 44.8. The first-order valence-electron chi connectivity index (χ1n) is 10.5. The molecule has 0 spiro atoms. The zero-order chi connectivity index (χ0) is 23.3. The minimum absolute atomic E-state index is 0. The van der Waals surface area contributed by atoms with Crippen molar-refractivity contribution in [2.24, 2.45) is 5.92 Å². The van der Waals surface area contributed by atoms with Crippen LogP contribution < -0.4 is 10.6 Å². The molecule has 0 saturated heterocycles. The van der Waals surface area contributed by atoms with Gasteiger partial charge in [-0.25, -0.2) is 0 Å². The summed E-state index contributed by atoms with van der Waals surface area (Å²) < 4.78 is 0. The molecule has 2 radical (unpaired) electrons. The molecule has 31 heavy (non-hydrogen) atoms. The van der Waals surface area contributed by atoms with Crippen LogP contribution in [-0.4, -0.2) is 6.29 Å². The van der Waals surface area contributed by atoms with E-state index in [1.54, 1.807) is 0 Å². The van der Waals surface area contributed by atoms with Crippen molar-refractivity contribution in [1.29, 1.82) is 0 Å². The molecule has 0 fully saturated rings. The molecule has 2 N–H and O–H groups in total. The fourth-order valence-corrected chi connectivity index (χ4v) is 1.48. The van der Waals surface area contributed by atoms with E-state index in [0.29, 0.717) is 0 Å². The summed E-state index contributed by atoms with van der Waals surface area (Å²) in [5.74, 6) is 0.833. The Bertz CT molecular complexity index is 451. The van der Waals surface area contributed by atoms with Crippen molar-refractivity contribution in [1.82, 2.24) is 10.6 Å². The van der Waals surface area contributed by atoms with Gasteiger partial charge in [0.15, 0.2) is 0 Å². The van der Waals surface area contributed by atoms with E-state index in [1.165, 1.54) is 18.1 Å². The number of carbonyl (C=O) groups excluding carboxylic acids is 1. The maximum absolute atomic E-state index is 8.81. The Morgan fingerprint density at radius 2 is 0.903 bits per heavy atom. The second-order valence-corrected chi connectivity index (χ2v) is 5.79. The van der Waals surface area contributed by atoms with Gasteiger partial charge in [0.05, 0.1) is 0 Å². The fraction of sp³-hybridized carbons (Fsp3) is 0.423. The van der Waals surface area contributed by atoms with Gasteiger partial charge in [-0.05, 0) is 37.1 Å². The van der Waals surface area contributed by atoms with Crippen LogP contribution in [0.15, 0.2) is 60.7 Å². The first-order chi connectivity index (χ1) is 14.0. The third kappa shape index (κ3) is 48.8. The molecule has 0 atom stereocenters. The summed E-state index contributed by atoms with van der Waals surface area (Å²) in [6, 6.07) is 20.4. The molecule has 5 heteroatoms. The van der Waals surface area contributed by atoms with Gasteiger partial charge in [-0.15, -0.1) is 0 Å². The van der Waals surface area contributed by atoms with Crippen molar-refractivity contribution < 1.29 is 70.2 Å². The number of hydrogen-bond acceptors (Lipinski definition) is 3. The molecule has 0 aliphatic rings. The van der Waals surface area contributed by atoms with Crippen molar-refractivity contribution in [2.45, 2.75) is 68.5 Å². The van der Waals surface area contributed by atoms with Gasteiger partial charge in [-0.1, -0.05) is 109 Å². The monoisotopic (exact) mass is 580 g/mol. The molecule has 0 aromatic heterocycles. The molecule has 0 amide bonds. The largest absolute Gasteiger partial charge is 0.469 e. The molecule has 0 bridgehead atoms. The van der Waals surface area contributed by atoms with Crippen LogP contribution in [0, 0.1) is 20.0 Å². The van der Waals surface area contributed by atoms with Crippen molar-refractivity contribution in [3.63, 3.8) is 0 Å². The summed E-state index contributed by atoms with van der Waals surface area (Å²) in [5.41, 5.74) is 2.54. The van der Waals surface area contributed by atoms with E-state index < -0.39 is 0 Å². The zero-order valence-corrected chi connectivity index (χ0v) is 27.0. The van der Waals surface area contributed by atoms with Crippen molar-refractivity contribution in [3.05, 3.63) is 85.9 Å². The summed E-state index contributed by atoms with van der Waals surface area (Å²) in [6.07, 6.45) is 0.750. The maximum Gasteiger partial charge on any atom is 0.116 e. The predicted molar refractivity (Wildman–Crippen MR) is 132 cm³/mol. The summed E-state index contributed by atoms with van der Waals surface area (Å²) >= 11 is 0. The van der Waals surface area contributed by atoms with Crippen molar-refractivity contribution >= 4 is 6.29 Å². The van der Waals surface area contributed by atoms with Crippen LogP contribution in [0.1, 0.15) is 66.5 Å². The molecule has 0 saturated carbocycles. The van der Waals surface area contributed by atoms with E-state index in [2.05, 4.69) is 69.8 Å². The molecule has 0 heterocycles. The minimum atomic E-state index is 0. The van der Waals surface area contributed by atoms with E-state index in [4.69, 9.17) is 4.79 Å². The van der Waals surface area contributed by atoms with Crippen LogP contribution in [-0.2, 0) is 83.3 Å². The predicted octanol–water partition coefficient (Wildman–Crippen LogP) is 7.05. The Morgan fingerprint density at radius 1 is 0.710 bits per heavy atom. The standard InChI is InChI=1S/2C8H10N.C4H10.C2H4O.2C2H6.2Y/c2*1-9-7-8-5-3-2-4-6-8;1-4(2)3;1-2-3;2*1-2;;/h2*2-6,9H,1,7H2;4H,1-3H3;2H,1H3;2*1-2H3;;/q2*-1;;;;;;. The van der Waals surface area contributed by atoms with E-state index in [0.717, 1.165) is 25.3 Å². The van der Waals surface area contributed by atoms with E-state index in [9.17, 15) is 0 Å². The van der Waals surface area contributed by atoms with Crippen LogP contribution in [0.25, 0.3) is 0 Å². The van der Waals surface area contributed by atoms with Gasteiger partial charge in [0.2, 0.25) is 0 Å². The third-order valence-corrected chi connectivity index (χ3v) is 2.34. The van der Waals surface area contributed by atoms with Gasteiger partial charge in [-0.2, -0.15) is 0 Å². The van der Waals surface area contributed by atoms with Gasteiger partial charge >= 0.3 is 0 Å². The Hall–Kier alpha value is 0.238. The minimum Gasteiger partial charge on any atom is -0.469 e. The normalized spacial score (nSPS) is 7.45. The van der Waals surface area contributed by atoms with Crippen molar-refractivity contribution in [3.8, 4) is 0 Å². The SMILES string of the molecule is CC.CC.CC(C)C.CC=O.[CH2-]NCc1ccccc1.[CH2-]NCc1ccccc1.[Y].[Y]. The summed E-state index contributed by atoms with van der Waals surface area (Å²) in [7, 11) is 7.06. The number of hydrogen-bond donors (Lipinski definition) is 2. The molecule has 0 unspecified atom stereocenters. The first-order valence-corrected chi connectivity index (χ1v) is 10.5. The topological polar surface area (TPSA) is 41.1 Å². The molecule has 0 aliphatic heterocycles. The maximum atomic E-state index is 8.81. The summed E-state index contributed by atoms with van der Waals surface area (Å²) in [4.78, 5) is 8.81. The Labute approximate surface area is 245 Å². The van der Waals surface area contributed by atoms with E-state index in [-0.39, 0.29) is 65.4 Å². The molecule has 2 aromatic carbocycles. The second kappa shape index (κ2) is 44.0. The van der Waals surface area contributed by atoms with E-state index >= 15 is 0 Å². The average molecular weight is 580 g/mol.